The summed E-state index contributed by atoms with van der Waals surface area (Å²) in [6.45, 7) is 0. The standard InChI is InChI=1S/C7H7NO3/c9-6(10)7(1-2-7)5-8-3-4-11-5/h3-4H,1-2H2,(H,9,10). The van der Waals surface area contributed by atoms with Gasteiger partial charge in [-0.05, 0) is 12.8 Å². The van der Waals surface area contributed by atoms with Crippen LogP contribution in [0.3, 0.4) is 0 Å². The minimum atomic E-state index is -0.833. The highest BCUT2D eigenvalue weighted by Gasteiger charge is 2.55. The van der Waals surface area contributed by atoms with Gasteiger partial charge in [-0.25, -0.2) is 4.98 Å². The van der Waals surface area contributed by atoms with Crippen LogP contribution in [-0.4, -0.2) is 16.1 Å². The molecule has 1 aromatic heterocycles. The Morgan fingerprint density at radius 1 is 1.73 bits per heavy atom. The maximum atomic E-state index is 10.7. The molecular formula is C7H7NO3. The number of aliphatic carboxylic acids is 1. The van der Waals surface area contributed by atoms with Gasteiger partial charge in [0.15, 0.2) is 0 Å². The van der Waals surface area contributed by atoms with Crippen molar-refractivity contribution >= 4 is 5.97 Å². The van der Waals surface area contributed by atoms with Crippen LogP contribution in [0.5, 0.6) is 0 Å². The van der Waals surface area contributed by atoms with Crippen molar-refractivity contribution in [3.8, 4) is 0 Å². The average Bonchev–Trinajstić information content (AvgIpc) is 2.61. The molecule has 0 aromatic carbocycles. The fourth-order valence-electron chi connectivity index (χ4n) is 1.10. The van der Waals surface area contributed by atoms with E-state index in [2.05, 4.69) is 4.98 Å². The molecule has 0 radical (unpaired) electrons. The van der Waals surface area contributed by atoms with E-state index in [0.29, 0.717) is 18.7 Å². The molecule has 0 saturated heterocycles. The molecule has 0 bridgehead atoms. The Morgan fingerprint density at radius 2 is 2.45 bits per heavy atom. The second-order valence-corrected chi connectivity index (χ2v) is 2.72. The van der Waals surface area contributed by atoms with Crippen LogP contribution in [0.25, 0.3) is 0 Å². The van der Waals surface area contributed by atoms with Crippen molar-refractivity contribution in [3.05, 3.63) is 18.4 Å². The van der Waals surface area contributed by atoms with Crippen LogP contribution in [0.4, 0.5) is 0 Å². The predicted octanol–water partition coefficient (Wildman–Crippen LogP) is 0.791. The van der Waals surface area contributed by atoms with Gasteiger partial charge in [0.25, 0.3) is 0 Å². The van der Waals surface area contributed by atoms with Crippen LogP contribution in [0.1, 0.15) is 18.7 Å². The number of carboxylic acid groups (broad SMARTS) is 1. The molecule has 1 saturated carbocycles. The second kappa shape index (κ2) is 1.84. The van der Waals surface area contributed by atoms with Crippen LogP contribution < -0.4 is 0 Å². The first-order valence-electron chi connectivity index (χ1n) is 3.39. The van der Waals surface area contributed by atoms with Gasteiger partial charge in [-0.1, -0.05) is 0 Å². The van der Waals surface area contributed by atoms with Crippen molar-refractivity contribution in [3.63, 3.8) is 0 Å². The molecule has 1 aliphatic rings. The van der Waals surface area contributed by atoms with Gasteiger partial charge < -0.3 is 9.52 Å². The van der Waals surface area contributed by atoms with E-state index in [9.17, 15) is 4.79 Å². The molecule has 4 heteroatoms. The smallest absolute Gasteiger partial charge is 0.319 e. The molecular weight excluding hydrogens is 146 g/mol. The maximum Gasteiger partial charge on any atom is 0.319 e. The minimum absolute atomic E-state index is 0.338. The number of hydrogen-bond acceptors (Lipinski definition) is 3. The lowest BCUT2D eigenvalue weighted by molar-refractivity contribution is -0.140. The molecule has 1 heterocycles. The zero-order valence-corrected chi connectivity index (χ0v) is 5.78. The number of oxazole rings is 1. The maximum absolute atomic E-state index is 10.7. The molecule has 1 aliphatic carbocycles. The van der Waals surface area contributed by atoms with E-state index >= 15 is 0 Å². The summed E-state index contributed by atoms with van der Waals surface area (Å²) in [6.07, 6.45) is 4.16. The van der Waals surface area contributed by atoms with Crippen LogP contribution in [0, 0.1) is 0 Å². The van der Waals surface area contributed by atoms with Crippen LogP contribution in [0.2, 0.25) is 0 Å². The van der Waals surface area contributed by atoms with Crippen molar-refractivity contribution in [2.45, 2.75) is 18.3 Å². The highest BCUT2D eigenvalue weighted by molar-refractivity contribution is 5.83. The van der Waals surface area contributed by atoms with E-state index in [-0.39, 0.29) is 0 Å². The molecule has 58 valence electrons. The molecule has 11 heavy (non-hydrogen) atoms. The Bertz CT molecular complexity index is 274. The van der Waals surface area contributed by atoms with Gasteiger partial charge in [-0.3, -0.25) is 4.79 Å². The van der Waals surface area contributed by atoms with E-state index in [1.54, 1.807) is 0 Å². The van der Waals surface area contributed by atoms with Gasteiger partial charge >= 0.3 is 5.97 Å². The molecule has 1 fully saturated rings. The molecule has 0 atom stereocenters. The molecule has 0 spiro atoms. The molecule has 0 aliphatic heterocycles. The molecule has 1 aromatic rings. The summed E-state index contributed by atoms with van der Waals surface area (Å²) in [6, 6.07) is 0. The number of rotatable bonds is 2. The van der Waals surface area contributed by atoms with Gasteiger partial charge in [0.2, 0.25) is 5.89 Å². The molecule has 0 amide bonds. The average molecular weight is 153 g/mol. The number of carbonyl (C=O) groups is 1. The van der Waals surface area contributed by atoms with Gasteiger partial charge in [-0.15, -0.1) is 0 Å². The summed E-state index contributed by atoms with van der Waals surface area (Å²) >= 11 is 0. The monoisotopic (exact) mass is 153 g/mol. The quantitative estimate of drug-likeness (QED) is 0.682. The Hall–Kier alpha value is -1.32. The normalized spacial score (nSPS) is 19.6. The molecule has 0 unspecified atom stereocenters. The Morgan fingerprint density at radius 3 is 2.82 bits per heavy atom. The molecule has 1 N–H and O–H groups in total. The van der Waals surface area contributed by atoms with E-state index in [4.69, 9.17) is 9.52 Å². The third-order valence-corrected chi connectivity index (χ3v) is 2.00. The predicted molar refractivity (Wildman–Crippen MR) is 35.1 cm³/mol. The van der Waals surface area contributed by atoms with Crippen LogP contribution in [-0.2, 0) is 10.2 Å². The third-order valence-electron chi connectivity index (χ3n) is 2.00. The van der Waals surface area contributed by atoms with Crippen molar-refractivity contribution < 1.29 is 14.3 Å². The van der Waals surface area contributed by atoms with Crippen molar-refractivity contribution in [1.82, 2.24) is 4.98 Å². The zero-order chi connectivity index (χ0) is 7.90. The fraction of sp³-hybridized carbons (Fsp3) is 0.429. The molecule has 2 rings (SSSR count). The van der Waals surface area contributed by atoms with Gasteiger partial charge in [0.1, 0.15) is 11.7 Å². The summed E-state index contributed by atoms with van der Waals surface area (Å²) in [5.74, 6) is -0.495. The van der Waals surface area contributed by atoms with E-state index in [0.717, 1.165) is 0 Å². The first kappa shape index (κ1) is 6.39. The molecule has 4 nitrogen and oxygen atoms in total. The SMILES string of the molecule is O=C(O)C1(c2ncco2)CC1. The van der Waals surface area contributed by atoms with Crippen molar-refractivity contribution in [2.75, 3.05) is 0 Å². The number of aromatic nitrogens is 1. The number of carboxylic acids is 1. The highest BCUT2D eigenvalue weighted by Crippen LogP contribution is 2.47. The number of nitrogens with zero attached hydrogens (tertiary/aromatic N) is 1. The summed E-state index contributed by atoms with van der Waals surface area (Å²) in [5.41, 5.74) is -0.788. The Balaban J connectivity index is 2.36. The van der Waals surface area contributed by atoms with Gasteiger partial charge in [0.05, 0.1) is 6.20 Å². The fourth-order valence-corrected chi connectivity index (χ4v) is 1.10. The lowest BCUT2D eigenvalue weighted by Crippen LogP contribution is -2.19. The van der Waals surface area contributed by atoms with E-state index < -0.39 is 11.4 Å². The van der Waals surface area contributed by atoms with Crippen molar-refractivity contribution in [1.29, 1.82) is 0 Å². The Kier molecular flexibility index (Phi) is 1.07. The number of hydrogen-bond donors (Lipinski definition) is 1. The lowest BCUT2D eigenvalue weighted by atomic mass is 10.1. The first-order chi connectivity index (χ1) is 5.26. The summed E-state index contributed by atoms with van der Waals surface area (Å²) in [7, 11) is 0. The summed E-state index contributed by atoms with van der Waals surface area (Å²) < 4.78 is 4.93. The first-order valence-corrected chi connectivity index (χ1v) is 3.39. The summed E-state index contributed by atoms with van der Waals surface area (Å²) in [4.78, 5) is 14.5. The zero-order valence-electron chi connectivity index (χ0n) is 5.78. The summed E-state index contributed by atoms with van der Waals surface area (Å²) in [5, 5.41) is 8.78. The lowest BCUT2D eigenvalue weighted by Gasteiger charge is -2.01. The minimum Gasteiger partial charge on any atom is -0.480 e. The van der Waals surface area contributed by atoms with Crippen LogP contribution >= 0.6 is 0 Å². The van der Waals surface area contributed by atoms with E-state index in [1.165, 1.54) is 12.5 Å². The largest absolute Gasteiger partial charge is 0.480 e. The van der Waals surface area contributed by atoms with Crippen molar-refractivity contribution in [2.24, 2.45) is 0 Å². The van der Waals surface area contributed by atoms with Crippen LogP contribution in [0.15, 0.2) is 16.9 Å². The highest BCUT2D eigenvalue weighted by atomic mass is 16.4. The van der Waals surface area contributed by atoms with E-state index in [1.807, 2.05) is 0 Å². The third kappa shape index (κ3) is 0.753. The van der Waals surface area contributed by atoms with Gasteiger partial charge in [0, 0.05) is 0 Å². The topological polar surface area (TPSA) is 63.3 Å². The second-order valence-electron chi connectivity index (χ2n) is 2.72. The van der Waals surface area contributed by atoms with Gasteiger partial charge in [-0.2, -0.15) is 0 Å². The Labute approximate surface area is 62.9 Å².